The number of nitrogens with one attached hydrogen (secondary N) is 1. The van der Waals surface area contributed by atoms with Gasteiger partial charge < -0.3 is 15.5 Å². The van der Waals surface area contributed by atoms with E-state index >= 15 is 0 Å². The van der Waals surface area contributed by atoms with E-state index < -0.39 is 17.8 Å². The van der Waals surface area contributed by atoms with E-state index in [-0.39, 0.29) is 19.1 Å². The van der Waals surface area contributed by atoms with Crippen LogP contribution in [-0.2, 0) is 9.59 Å². The van der Waals surface area contributed by atoms with Crippen LogP contribution in [0.5, 0.6) is 0 Å². The predicted octanol–water partition coefficient (Wildman–Crippen LogP) is -0.238. The molecule has 1 aliphatic carbocycles. The van der Waals surface area contributed by atoms with Crippen molar-refractivity contribution in [3.05, 3.63) is 12.2 Å². The van der Waals surface area contributed by atoms with Gasteiger partial charge in [0.2, 0.25) is 5.91 Å². The summed E-state index contributed by atoms with van der Waals surface area (Å²) in [6.45, 7) is 0.0391. The molecule has 5 nitrogen and oxygen atoms in total. The largest absolute Gasteiger partial charge is 0.481 e. The van der Waals surface area contributed by atoms with Gasteiger partial charge in [-0.15, -0.1) is 0 Å². The molecule has 1 aliphatic rings. The molecular weight excluding hydrogens is 198 g/mol. The standard InChI is InChI=1S/C10H15NO4/c12-6-5-11-9(13)7-3-1-2-4-8(7)10(14)15/h1-2,7-8,12H,3-6H2,(H,11,13)(H,14,15). The average Bonchev–Trinajstić information content (AvgIpc) is 2.25. The zero-order valence-electron chi connectivity index (χ0n) is 8.35. The summed E-state index contributed by atoms with van der Waals surface area (Å²) in [6.07, 6.45) is 4.46. The first-order valence-electron chi connectivity index (χ1n) is 4.93. The number of carbonyl (C=O) groups excluding carboxylic acids is 1. The topological polar surface area (TPSA) is 86.6 Å². The van der Waals surface area contributed by atoms with Gasteiger partial charge in [0, 0.05) is 6.54 Å². The summed E-state index contributed by atoms with van der Waals surface area (Å²) in [5, 5.41) is 20.0. The van der Waals surface area contributed by atoms with Gasteiger partial charge in [-0.2, -0.15) is 0 Å². The number of carboxylic acid groups (broad SMARTS) is 1. The van der Waals surface area contributed by atoms with Crippen molar-refractivity contribution in [3.63, 3.8) is 0 Å². The Labute approximate surface area is 87.8 Å². The van der Waals surface area contributed by atoms with Crippen molar-refractivity contribution in [2.75, 3.05) is 13.2 Å². The lowest BCUT2D eigenvalue weighted by molar-refractivity contribution is -0.147. The highest BCUT2D eigenvalue weighted by Crippen LogP contribution is 2.25. The highest BCUT2D eigenvalue weighted by molar-refractivity contribution is 5.85. The Morgan fingerprint density at radius 1 is 1.27 bits per heavy atom. The van der Waals surface area contributed by atoms with Crippen molar-refractivity contribution in [1.82, 2.24) is 5.32 Å². The minimum Gasteiger partial charge on any atom is -0.481 e. The molecule has 3 N–H and O–H groups in total. The maximum Gasteiger partial charge on any atom is 0.307 e. The minimum absolute atomic E-state index is 0.133. The van der Waals surface area contributed by atoms with Crippen molar-refractivity contribution < 1.29 is 19.8 Å². The Balaban J connectivity index is 2.60. The van der Waals surface area contributed by atoms with Crippen molar-refractivity contribution in [1.29, 1.82) is 0 Å². The molecule has 0 aromatic rings. The van der Waals surface area contributed by atoms with Gasteiger partial charge in [-0.1, -0.05) is 12.2 Å². The molecule has 0 saturated heterocycles. The number of amides is 1. The molecule has 1 rings (SSSR count). The molecule has 2 unspecified atom stereocenters. The molecule has 5 heteroatoms. The van der Waals surface area contributed by atoms with Crippen LogP contribution in [0.15, 0.2) is 12.2 Å². The SMILES string of the molecule is O=C(O)C1CC=CCC1C(=O)NCCO. The number of hydrogen-bond donors (Lipinski definition) is 3. The summed E-state index contributed by atoms with van der Waals surface area (Å²) in [5.41, 5.74) is 0. The van der Waals surface area contributed by atoms with Crippen molar-refractivity contribution in [2.24, 2.45) is 11.8 Å². The Bertz CT molecular complexity index is 275. The molecule has 15 heavy (non-hydrogen) atoms. The van der Waals surface area contributed by atoms with Crippen molar-refractivity contribution in [3.8, 4) is 0 Å². The molecule has 0 aromatic carbocycles. The number of carboxylic acids is 1. The summed E-state index contributed by atoms with van der Waals surface area (Å²) in [7, 11) is 0. The highest BCUT2D eigenvalue weighted by Gasteiger charge is 2.33. The third-order valence-corrected chi connectivity index (χ3v) is 2.50. The monoisotopic (exact) mass is 213 g/mol. The first-order valence-corrected chi connectivity index (χ1v) is 4.93. The van der Waals surface area contributed by atoms with Crippen LogP contribution in [0, 0.1) is 11.8 Å². The summed E-state index contributed by atoms with van der Waals surface area (Å²) in [4.78, 5) is 22.4. The summed E-state index contributed by atoms with van der Waals surface area (Å²) in [5.74, 6) is -2.39. The number of aliphatic hydroxyl groups is 1. The first-order chi connectivity index (χ1) is 7.16. The van der Waals surface area contributed by atoms with Crippen LogP contribution in [-0.4, -0.2) is 35.2 Å². The molecule has 0 aliphatic heterocycles. The van der Waals surface area contributed by atoms with Crippen molar-refractivity contribution >= 4 is 11.9 Å². The Morgan fingerprint density at radius 3 is 2.40 bits per heavy atom. The molecule has 0 aromatic heterocycles. The Kier molecular flexibility index (Phi) is 4.30. The highest BCUT2D eigenvalue weighted by atomic mass is 16.4. The predicted molar refractivity (Wildman–Crippen MR) is 53.1 cm³/mol. The second-order valence-corrected chi connectivity index (χ2v) is 3.51. The quantitative estimate of drug-likeness (QED) is 0.563. The van der Waals surface area contributed by atoms with E-state index in [9.17, 15) is 9.59 Å². The van der Waals surface area contributed by atoms with Crippen LogP contribution in [0.2, 0.25) is 0 Å². The Morgan fingerprint density at radius 2 is 1.87 bits per heavy atom. The van der Waals surface area contributed by atoms with Crippen LogP contribution < -0.4 is 5.32 Å². The summed E-state index contributed by atoms with van der Waals surface area (Å²) >= 11 is 0. The smallest absolute Gasteiger partial charge is 0.307 e. The molecule has 0 fully saturated rings. The molecule has 0 heterocycles. The van der Waals surface area contributed by atoms with Crippen LogP contribution in [0.3, 0.4) is 0 Å². The molecule has 2 atom stereocenters. The van der Waals surface area contributed by atoms with Gasteiger partial charge in [0.15, 0.2) is 0 Å². The van der Waals surface area contributed by atoms with E-state index in [4.69, 9.17) is 10.2 Å². The summed E-state index contributed by atoms with van der Waals surface area (Å²) < 4.78 is 0. The van der Waals surface area contributed by atoms with Gasteiger partial charge in [0.25, 0.3) is 0 Å². The van der Waals surface area contributed by atoms with Crippen LogP contribution in [0.4, 0.5) is 0 Å². The van der Waals surface area contributed by atoms with Gasteiger partial charge in [0.1, 0.15) is 0 Å². The third kappa shape index (κ3) is 3.06. The lowest BCUT2D eigenvalue weighted by Gasteiger charge is -2.23. The second kappa shape index (κ2) is 5.50. The van der Waals surface area contributed by atoms with Crippen LogP contribution in [0.25, 0.3) is 0 Å². The molecular formula is C10H15NO4. The minimum atomic E-state index is -0.941. The van der Waals surface area contributed by atoms with Crippen LogP contribution in [0.1, 0.15) is 12.8 Å². The van der Waals surface area contributed by atoms with E-state index in [1.165, 1.54) is 0 Å². The fraction of sp³-hybridized carbons (Fsp3) is 0.600. The van der Waals surface area contributed by atoms with E-state index in [1.807, 2.05) is 6.08 Å². The van der Waals surface area contributed by atoms with E-state index in [0.717, 1.165) is 0 Å². The fourth-order valence-electron chi connectivity index (χ4n) is 1.69. The van der Waals surface area contributed by atoms with Gasteiger partial charge >= 0.3 is 5.97 Å². The van der Waals surface area contributed by atoms with Gasteiger partial charge in [-0.05, 0) is 12.8 Å². The zero-order chi connectivity index (χ0) is 11.3. The number of allylic oxidation sites excluding steroid dienone is 2. The van der Waals surface area contributed by atoms with Crippen molar-refractivity contribution in [2.45, 2.75) is 12.8 Å². The van der Waals surface area contributed by atoms with Gasteiger partial charge in [-0.3, -0.25) is 9.59 Å². The lowest BCUT2D eigenvalue weighted by atomic mass is 9.82. The molecule has 0 saturated carbocycles. The van der Waals surface area contributed by atoms with Crippen LogP contribution >= 0.6 is 0 Å². The van der Waals surface area contributed by atoms with Gasteiger partial charge in [-0.25, -0.2) is 0 Å². The first kappa shape index (κ1) is 11.7. The van der Waals surface area contributed by atoms with E-state index in [1.54, 1.807) is 6.08 Å². The molecule has 0 bridgehead atoms. The number of hydrogen-bond acceptors (Lipinski definition) is 3. The number of aliphatic hydroxyl groups excluding tert-OH is 1. The fourth-order valence-corrected chi connectivity index (χ4v) is 1.69. The third-order valence-electron chi connectivity index (χ3n) is 2.50. The van der Waals surface area contributed by atoms with Gasteiger partial charge in [0.05, 0.1) is 18.4 Å². The molecule has 0 spiro atoms. The molecule has 1 amide bonds. The number of aliphatic carboxylic acids is 1. The Hall–Kier alpha value is -1.36. The maximum atomic E-state index is 11.6. The second-order valence-electron chi connectivity index (χ2n) is 3.51. The molecule has 84 valence electrons. The number of rotatable bonds is 4. The van der Waals surface area contributed by atoms with E-state index in [2.05, 4.69) is 5.32 Å². The molecule has 0 radical (unpaired) electrons. The summed E-state index contributed by atoms with van der Waals surface area (Å²) in [6, 6.07) is 0. The number of carbonyl (C=O) groups is 2. The lowest BCUT2D eigenvalue weighted by Crippen LogP contribution is -2.39. The zero-order valence-corrected chi connectivity index (χ0v) is 8.35. The normalized spacial score (nSPS) is 24.9. The average molecular weight is 213 g/mol. The van der Waals surface area contributed by atoms with E-state index in [0.29, 0.717) is 12.8 Å². The maximum absolute atomic E-state index is 11.6.